The highest BCUT2D eigenvalue weighted by atomic mass is 32.2. The first kappa shape index (κ1) is 26.7. The number of aromatic nitrogens is 1. The number of benzene rings is 3. The highest BCUT2D eigenvalue weighted by Gasteiger charge is 2.40. The summed E-state index contributed by atoms with van der Waals surface area (Å²) in [5.74, 6) is 0. The summed E-state index contributed by atoms with van der Waals surface area (Å²) in [5.41, 5.74) is -0.202. The Morgan fingerprint density at radius 1 is 0.795 bits per heavy atom. The van der Waals surface area contributed by atoms with Crippen molar-refractivity contribution in [2.24, 2.45) is 0 Å². The first-order valence-corrected chi connectivity index (χ1v) is 13.2. The summed E-state index contributed by atoms with van der Waals surface area (Å²) in [6.45, 7) is -0.0134. The fourth-order valence-corrected chi connectivity index (χ4v) is 7.02. The molecule has 1 atom stereocenters. The van der Waals surface area contributed by atoms with Gasteiger partial charge in [0.05, 0.1) is 10.5 Å². The van der Waals surface area contributed by atoms with E-state index in [9.17, 15) is 39.6 Å². The van der Waals surface area contributed by atoms with Gasteiger partial charge in [-0.05, 0) is 64.9 Å². The zero-order chi connectivity index (χ0) is 28.3. The maximum absolute atomic E-state index is 13.8. The summed E-state index contributed by atoms with van der Waals surface area (Å²) >= 11 is 0. The van der Waals surface area contributed by atoms with E-state index in [4.69, 9.17) is 0 Å². The summed E-state index contributed by atoms with van der Waals surface area (Å²) in [7, 11) is -4.28. The lowest BCUT2D eigenvalue weighted by Crippen LogP contribution is -2.28. The van der Waals surface area contributed by atoms with Crippen LogP contribution in [0, 0.1) is 0 Å². The summed E-state index contributed by atoms with van der Waals surface area (Å²) in [6, 6.07) is 15.7. The minimum absolute atomic E-state index is 0.0334. The van der Waals surface area contributed by atoms with Gasteiger partial charge in [-0.3, -0.25) is 4.79 Å². The molecule has 5 rings (SSSR count). The third-order valence-electron chi connectivity index (χ3n) is 6.73. The zero-order valence-corrected chi connectivity index (χ0v) is 21.0. The molecule has 0 amide bonds. The Bertz CT molecular complexity index is 1800. The maximum atomic E-state index is 13.8. The van der Waals surface area contributed by atoms with Crippen molar-refractivity contribution in [3.05, 3.63) is 117 Å². The Morgan fingerprint density at radius 2 is 1.38 bits per heavy atom. The molecule has 1 heterocycles. The van der Waals surface area contributed by atoms with E-state index in [1.165, 1.54) is 19.1 Å². The number of pyridine rings is 1. The van der Waals surface area contributed by atoms with E-state index in [0.29, 0.717) is 38.8 Å². The molecule has 0 radical (unpaired) electrons. The molecule has 11 heteroatoms. The lowest BCUT2D eigenvalue weighted by atomic mass is 9.94. The summed E-state index contributed by atoms with van der Waals surface area (Å²) < 4.78 is 107. The van der Waals surface area contributed by atoms with Crippen molar-refractivity contribution >= 4 is 26.2 Å². The van der Waals surface area contributed by atoms with Gasteiger partial charge in [-0.1, -0.05) is 42.5 Å². The van der Waals surface area contributed by atoms with Crippen LogP contribution in [-0.2, 0) is 22.6 Å². The second-order valence-electron chi connectivity index (χ2n) is 9.23. The molecule has 4 nitrogen and oxygen atoms in total. The van der Waals surface area contributed by atoms with Crippen LogP contribution in [0.5, 0.6) is 0 Å². The Balaban J connectivity index is 1.75. The van der Waals surface area contributed by atoms with Crippen LogP contribution in [0.3, 0.4) is 0 Å². The van der Waals surface area contributed by atoms with Crippen molar-refractivity contribution in [2.45, 2.75) is 36.0 Å². The van der Waals surface area contributed by atoms with E-state index in [1.54, 1.807) is 36.4 Å². The van der Waals surface area contributed by atoms with Gasteiger partial charge in [-0.2, -0.15) is 26.3 Å². The second kappa shape index (κ2) is 9.11. The molecule has 0 fully saturated rings. The average molecular weight is 564 g/mol. The van der Waals surface area contributed by atoms with E-state index in [2.05, 4.69) is 0 Å². The quantitative estimate of drug-likeness (QED) is 0.253. The molecule has 0 bridgehead atoms. The van der Waals surface area contributed by atoms with E-state index in [1.807, 2.05) is 0 Å². The lowest BCUT2D eigenvalue weighted by molar-refractivity contribution is -0.141. The van der Waals surface area contributed by atoms with Gasteiger partial charge in [0.1, 0.15) is 11.8 Å². The Morgan fingerprint density at radius 3 is 2.00 bits per heavy atom. The third-order valence-corrected chi connectivity index (χ3v) is 8.89. The molecule has 1 aliphatic rings. The van der Waals surface area contributed by atoms with Crippen LogP contribution in [0.4, 0.5) is 26.3 Å². The molecule has 1 aromatic heterocycles. The van der Waals surface area contributed by atoms with Crippen LogP contribution < -0.4 is 5.56 Å². The topological polar surface area (TPSA) is 56.1 Å². The highest BCUT2D eigenvalue weighted by molar-refractivity contribution is 7.92. The average Bonchev–Trinajstić information content (AvgIpc) is 3.17. The standard InChI is InChI=1S/C28H19F6NO3S/c1-16-24(23-14-35(15-27(29,30)31)26(36)22-9-5-2-6-19(22)23)20-7-3-4-8-21(20)25(16)39(37,38)18-12-10-17(11-13-18)28(32,33)34/h2-14,25H,15H2,1H3. The van der Waals surface area contributed by atoms with Crippen molar-refractivity contribution in [1.29, 1.82) is 0 Å². The smallest absolute Gasteiger partial charge is 0.305 e. The molecule has 4 aromatic rings. The number of alkyl halides is 6. The summed E-state index contributed by atoms with van der Waals surface area (Å²) in [5, 5.41) is -0.925. The Labute approximate surface area is 218 Å². The molecule has 202 valence electrons. The van der Waals surface area contributed by atoms with Gasteiger partial charge in [0.25, 0.3) is 5.56 Å². The first-order valence-electron chi connectivity index (χ1n) is 11.6. The minimum atomic E-state index is -4.69. The van der Waals surface area contributed by atoms with Crippen molar-refractivity contribution in [3.8, 4) is 0 Å². The summed E-state index contributed by atoms with van der Waals surface area (Å²) in [4.78, 5) is 12.5. The van der Waals surface area contributed by atoms with Gasteiger partial charge in [0.15, 0.2) is 9.84 Å². The molecular formula is C28H19F6NO3S. The van der Waals surface area contributed by atoms with Gasteiger partial charge in [0, 0.05) is 17.1 Å². The normalized spacial score (nSPS) is 16.1. The molecule has 1 aliphatic carbocycles. The van der Waals surface area contributed by atoms with Gasteiger partial charge in [-0.15, -0.1) is 0 Å². The predicted octanol–water partition coefficient (Wildman–Crippen LogP) is 6.93. The molecular weight excluding hydrogens is 544 g/mol. The highest BCUT2D eigenvalue weighted by Crippen LogP contribution is 2.50. The van der Waals surface area contributed by atoms with Crippen molar-refractivity contribution < 1.29 is 34.8 Å². The number of rotatable bonds is 4. The minimum Gasteiger partial charge on any atom is -0.305 e. The van der Waals surface area contributed by atoms with Crippen molar-refractivity contribution in [2.75, 3.05) is 0 Å². The second-order valence-corrected chi connectivity index (χ2v) is 11.3. The number of hydrogen-bond acceptors (Lipinski definition) is 3. The first-order chi connectivity index (χ1) is 18.2. The fraction of sp³-hybridized carbons (Fsp3) is 0.179. The van der Waals surface area contributed by atoms with E-state index in [0.717, 1.165) is 18.3 Å². The monoisotopic (exact) mass is 563 g/mol. The molecule has 1 unspecified atom stereocenters. The zero-order valence-electron chi connectivity index (χ0n) is 20.1. The summed E-state index contributed by atoms with van der Waals surface area (Å²) in [6.07, 6.45) is -8.25. The van der Waals surface area contributed by atoms with Crippen molar-refractivity contribution in [1.82, 2.24) is 4.57 Å². The molecule has 39 heavy (non-hydrogen) atoms. The number of fused-ring (bicyclic) bond motifs is 2. The molecule has 0 spiro atoms. The van der Waals surface area contributed by atoms with Crippen molar-refractivity contribution in [3.63, 3.8) is 0 Å². The predicted molar refractivity (Wildman–Crippen MR) is 134 cm³/mol. The van der Waals surface area contributed by atoms with Crippen LogP contribution in [0.25, 0.3) is 16.3 Å². The largest absolute Gasteiger partial charge is 0.416 e. The fourth-order valence-electron chi connectivity index (χ4n) is 5.11. The molecule has 0 saturated heterocycles. The molecule has 0 aliphatic heterocycles. The van der Waals surface area contributed by atoms with Gasteiger partial charge in [0.2, 0.25) is 0 Å². The van der Waals surface area contributed by atoms with Gasteiger partial charge >= 0.3 is 12.4 Å². The maximum Gasteiger partial charge on any atom is 0.416 e. The number of nitrogens with zero attached hydrogens (tertiary/aromatic N) is 1. The molecule has 0 saturated carbocycles. The van der Waals surface area contributed by atoms with E-state index < -0.39 is 45.1 Å². The van der Waals surface area contributed by atoms with E-state index >= 15 is 0 Å². The number of hydrogen-bond donors (Lipinski definition) is 0. The van der Waals surface area contributed by atoms with Crippen LogP contribution in [-0.4, -0.2) is 19.2 Å². The van der Waals surface area contributed by atoms with Crippen LogP contribution >= 0.6 is 0 Å². The Hall–Kier alpha value is -3.86. The van der Waals surface area contributed by atoms with Crippen LogP contribution in [0.15, 0.2) is 94.3 Å². The third kappa shape index (κ3) is 4.64. The number of sulfone groups is 1. The van der Waals surface area contributed by atoms with Gasteiger partial charge in [-0.25, -0.2) is 8.42 Å². The van der Waals surface area contributed by atoms with E-state index in [-0.39, 0.29) is 21.4 Å². The van der Waals surface area contributed by atoms with Crippen LogP contribution in [0.2, 0.25) is 0 Å². The lowest BCUT2D eigenvalue weighted by Gasteiger charge is -2.17. The molecule has 0 N–H and O–H groups in total. The molecule has 3 aromatic carbocycles. The number of halogens is 6. The Kier molecular flexibility index (Phi) is 6.25. The van der Waals surface area contributed by atoms with Gasteiger partial charge < -0.3 is 4.57 Å². The van der Waals surface area contributed by atoms with Crippen LogP contribution in [0.1, 0.15) is 34.4 Å². The SMILES string of the molecule is CC1=C(c2cn(CC(F)(F)F)c(=O)c3ccccc23)c2ccccc2C1S(=O)(=O)c1ccc(C(F)(F)F)cc1.